The zero-order chi connectivity index (χ0) is 12.3. The third-order valence-corrected chi connectivity index (χ3v) is 3.67. The van der Waals surface area contributed by atoms with E-state index in [1.165, 1.54) is 36.1 Å². The van der Waals surface area contributed by atoms with Crippen molar-refractivity contribution < 1.29 is 0 Å². The van der Waals surface area contributed by atoms with Gasteiger partial charge in [-0.05, 0) is 43.0 Å². The van der Waals surface area contributed by atoms with E-state index in [9.17, 15) is 0 Å². The lowest BCUT2D eigenvalue weighted by atomic mass is 9.94. The molecular formula is C15H24N2. The summed E-state index contributed by atoms with van der Waals surface area (Å²) >= 11 is 0. The van der Waals surface area contributed by atoms with Crippen LogP contribution in [0.4, 0.5) is 5.69 Å². The van der Waals surface area contributed by atoms with Crippen molar-refractivity contribution in [3.05, 3.63) is 29.3 Å². The molecular weight excluding hydrogens is 208 g/mol. The number of piperidine rings is 1. The van der Waals surface area contributed by atoms with E-state index in [-0.39, 0.29) is 0 Å². The Morgan fingerprint density at radius 2 is 2.12 bits per heavy atom. The Bertz CT molecular complexity index is 365. The van der Waals surface area contributed by atoms with E-state index in [4.69, 9.17) is 0 Å². The molecule has 1 aromatic carbocycles. The molecule has 0 amide bonds. The molecule has 2 nitrogen and oxygen atoms in total. The van der Waals surface area contributed by atoms with Gasteiger partial charge in [-0.1, -0.05) is 25.5 Å². The van der Waals surface area contributed by atoms with Crippen molar-refractivity contribution in [2.75, 3.05) is 25.5 Å². The minimum absolute atomic E-state index is 0.549. The van der Waals surface area contributed by atoms with Crippen LogP contribution in [0, 0.1) is 0 Å². The summed E-state index contributed by atoms with van der Waals surface area (Å²) in [6.45, 7) is 3.39. The molecule has 0 aliphatic carbocycles. The van der Waals surface area contributed by atoms with Crippen LogP contribution in [0.5, 0.6) is 0 Å². The maximum Gasteiger partial charge on any atom is 0.0409 e. The fourth-order valence-corrected chi connectivity index (χ4v) is 2.63. The Kier molecular flexibility index (Phi) is 4.06. The number of aryl methyl sites for hydroxylation is 1. The first-order chi connectivity index (χ1) is 8.22. The van der Waals surface area contributed by atoms with E-state index in [1.54, 1.807) is 0 Å². The van der Waals surface area contributed by atoms with Crippen molar-refractivity contribution in [2.24, 2.45) is 0 Å². The number of nitrogens with zero attached hydrogens (tertiary/aromatic N) is 1. The molecule has 1 unspecified atom stereocenters. The largest absolute Gasteiger partial charge is 0.377 e. The minimum atomic E-state index is 0.549. The fraction of sp³-hybridized carbons (Fsp3) is 0.600. The van der Waals surface area contributed by atoms with Crippen molar-refractivity contribution in [1.82, 2.24) is 5.32 Å². The van der Waals surface area contributed by atoms with Gasteiger partial charge in [0.1, 0.15) is 0 Å². The van der Waals surface area contributed by atoms with Gasteiger partial charge in [-0.2, -0.15) is 0 Å². The SMILES string of the molecule is CCc1ccc(N(C)C)c(C2CCCCN2)c1. The average Bonchev–Trinajstić information content (AvgIpc) is 2.39. The second kappa shape index (κ2) is 5.54. The molecule has 1 saturated heterocycles. The Morgan fingerprint density at radius 1 is 1.29 bits per heavy atom. The number of rotatable bonds is 3. The van der Waals surface area contributed by atoms with Crippen LogP contribution in [0.3, 0.4) is 0 Å². The second-order valence-corrected chi connectivity index (χ2v) is 5.14. The first kappa shape index (κ1) is 12.4. The van der Waals surface area contributed by atoms with Gasteiger partial charge in [0.25, 0.3) is 0 Å². The Morgan fingerprint density at radius 3 is 2.71 bits per heavy atom. The van der Waals surface area contributed by atoms with Gasteiger partial charge in [-0.15, -0.1) is 0 Å². The van der Waals surface area contributed by atoms with Gasteiger partial charge in [0.15, 0.2) is 0 Å². The number of hydrogen-bond acceptors (Lipinski definition) is 2. The van der Waals surface area contributed by atoms with Crippen molar-refractivity contribution in [2.45, 2.75) is 38.6 Å². The maximum atomic E-state index is 3.66. The van der Waals surface area contributed by atoms with Crippen LogP contribution in [-0.2, 0) is 6.42 Å². The molecule has 0 saturated carbocycles. The van der Waals surface area contributed by atoms with E-state index in [0.717, 1.165) is 13.0 Å². The molecule has 0 aromatic heterocycles. The van der Waals surface area contributed by atoms with Crippen molar-refractivity contribution >= 4 is 5.69 Å². The molecule has 1 aliphatic rings. The van der Waals surface area contributed by atoms with E-state index >= 15 is 0 Å². The molecule has 1 atom stereocenters. The highest BCUT2D eigenvalue weighted by Gasteiger charge is 2.18. The van der Waals surface area contributed by atoms with Crippen LogP contribution in [-0.4, -0.2) is 20.6 Å². The first-order valence-electron chi connectivity index (χ1n) is 6.76. The van der Waals surface area contributed by atoms with Gasteiger partial charge in [-0.3, -0.25) is 0 Å². The summed E-state index contributed by atoms with van der Waals surface area (Å²) in [5, 5.41) is 3.66. The van der Waals surface area contributed by atoms with Gasteiger partial charge in [0.05, 0.1) is 0 Å². The summed E-state index contributed by atoms with van der Waals surface area (Å²) in [6, 6.07) is 7.46. The topological polar surface area (TPSA) is 15.3 Å². The van der Waals surface area contributed by atoms with E-state index in [2.05, 4.69) is 49.4 Å². The standard InChI is InChI=1S/C15H24N2/c1-4-12-8-9-15(17(2)3)13(11-12)14-7-5-6-10-16-14/h8-9,11,14,16H,4-7,10H2,1-3H3. The summed E-state index contributed by atoms with van der Waals surface area (Å²) in [5.74, 6) is 0. The monoisotopic (exact) mass is 232 g/mol. The molecule has 0 radical (unpaired) electrons. The summed E-state index contributed by atoms with van der Waals surface area (Å²) in [5.41, 5.74) is 4.29. The van der Waals surface area contributed by atoms with Crippen LogP contribution in [0.15, 0.2) is 18.2 Å². The number of nitrogens with one attached hydrogen (secondary N) is 1. The van der Waals surface area contributed by atoms with Crippen LogP contribution in [0.25, 0.3) is 0 Å². The molecule has 1 aliphatic heterocycles. The lowest BCUT2D eigenvalue weighted by molar-refractivity contribution is 0.412. The van der Waals surface area contributed by atoms with Crippen LogP contribution >= 0.6 is 0 Å². The van der Waals surface area contributed by atoms with Gasteiger partial charge >= 0.3 is 0 Å². The molecule has 0 spiro atoms. The maximum absolute atomic E-state index is 3.66. The van der Waals surface area contributed by atoms with Crippen molar-refractivity contribution in [3.8, 4) is 0 Å². The molecule has 1 fully saturated rings. The Balaban J connectivity index is 2.33. The molecule has 17 heavy (non-hydrogen) atoms. The van der Waals surface area contributed by atoms with Gasteiger partial charge in [0, 0.05) is 25.8 Å². The van der Waals surface area contributed by atoms with Gasteiger partial charge < -0.3 is 10.2 Å². The van der Waals surface area contributed by atoms with Crippen LogP contribution in [0.2, 0.25) is 0 Å². The van der Waals surface area contributed by atoms with Crippen LogP contribution in [0.1, 0.15) is 43.4 Å². The molecule has 1 aromatic rings. The highest BCUT2D eigenvalue weighted by molar-refractivity contribution is 5.55. The summed E-state index contributed by atoms with van der Waals surface area (Å²) < 4.78 is 0. The first-order valence-corrected chi connectivity index (χ1v) is 6.76. The van der Waals surface area contributed by atoms with Gasteiger partial charge in [-0.25, -0.2) is 0 Å². The molecule has 2 rings (SSSR count). The highest BCUT2D eigenvalue weighted by Crippen LogP contribution is 2.31. The predicted molar refractivity (Wildman–Crippen MR) is 74.7 cm³/mol. The number of benzene rings is 1. The van der Waals surface area contributed by atoms with Gasteiger partial charge in [0.2, 0.25) is 0 Å². The third-order valence-electron chi connectivity index (χ3n) is 3.67. The third kappa shape index (κ3) is 2.81. The summed E-state index contributed by atoms with van der Waals surface area (Å²) in [6.07, 6.45) is 5.06. The molecule has 1 N–H and O–H groups in total. The van der Waals surface area contributed by atoms with Crippen molar-refractivity contribution in [3.63, 3.8) is 0 Å². The summed E-state index contributed by atoms with van der Waals surface area (Å²) in [4.78, 5) is 2.23. The minimum Gasteiger partial charge on any atom is -0.377 e. The summed E-state index contributed by atoms with van der Waals surface area (Å²) in [7, 11) is 4.26. The fourth-order valence-electron chi connectivity index (χ4n) is 2.63. The average molecular weight is 232 g/mol. The Labute approximate surface area is 105 Å². The van der Waals surface area contributed by atoms with E-state index in [0.29, 0.717) is 6.04 Å². The number of hydrogen-bond donors (Lipinski definition) is 1. The molecule has 0 bridgehead atoms. The van der Waals surface area contributed by atoms with E-state index < -0.39 is 0 Å². The normalized spacial score (nSPS) is 20.3. The highest BCUT2D eigenvalue weighted by atomic mass is 15.1. The Hall–Kier alpha value is -1.02. The molecule has 1 heterocycles. The second-order valence-electron chi connectivity index (χ2n) is 5.14. The smallest absolute Gasteiger partial charge is 0.0409 e. The predicted octanol–water partition coefficient (Wildman–Crippen LogP) is 3.13. The van der Waals surface area contributed by atoms with E-state index in [1.807, 2.05) is 0 Å². The quantitative estimate of drug-likeness (QED) is 0.861. The molecule has 94 valence electrons. The van der Waals surface area contributed by atoms with Crippen molar-refractivity contribution in [1.29, 1.82) is 0 Å². The zero-order valence-corrected chi connectivity index (χ0v) is 11.3. The lowest BCUT2D eigenvalue weighted by Gasteiger charge is -2.28. The lowest BCUT2D eigenvalue weighted by Crippen LogP contribution is -2.28. The zero-order valence-electron chi connectivity index (χ0n) is 11.3. The van der Waals surface area contributed by atoms with Crippen LogP contribution < -0.4 is 10.2 Å². The number of anilines is 1. The molecule has 2 heteroatoms.